The van der Waals surface area contributed by atoms with E-state index in [1.165, 1.54) is 0 Å². The summed E-state index contributed by atoms with van der Waals surface area (Å²) in [6.07, 6.45) is 2.47. The minimum Gasteiger partial charge on any atom is -0.305 e. The Kier molecular flexibility index (Phi) is 2.18. The second kappa shape index (κ2) is 2.85. The van der Waals surface area contributed by atoms with Crippen LogP contribution in [-0.2, 0) is 4.79 Å². The highest BCUT2D eigenvalue weighted by atomic mass is 16.1. The first-order valence-corrected chi connectivity index (χ1v) is 4.19. The van der Waals surface area contributed by atoms with Crippen molar-refractivity contribution in [2.75, 3.05) is 0 Å². The molecule has 0 fully saturated rings. The third-order valence-corrected chi connectivity index (χ3v) is 2.30. The van der Waals surface area contributed by atoms with Gasteiger partial charge in [-0.25, -0.2) is 0 Å². The van der Waals surface area contributed by atoms with Crippen LogP contribution >= 0.6 is 0 Å². The molecule has 1 N–H and O–H groups in total. The van der Waals surface area contributed by atoms with Gasteiger partial charge in [-0.3, -0.25) is 4.79 Å². The van der Waals surface area contributed by atoms with Gasteiger partial charge in [-0.15, -0.1) is 0 Å². The third kappa shape index (κ3) is 1.63. The van der Waals surface area contributed by atoms with Crippen LogP contribution in [0.4, 0.5) is 0 Å². The molecule has 66 valence electrons. The quantitative estimate of drug-likeness (QED) is 0.595. The average Bonchev–Trinajstić information content (AvgIpc) is 1.82. The zero-order valence-corrected chi connectivity index (χ0v) is 7.90. The van der Waals surface area contributed by atoms with Gasteiger partial charge < -0.3 is 5.41 Å². The second-order valence-electron chi connectivity index (χ2n) is 4.31. The SMILES string of the molecule is CC1=C(C=O)C(=N)CC(C)(C)C1. The molecule has 0 aromatic heterocycles. The van der Waals surface area contributed by atoms with E-state index in [9.17, 15) is 4.79 Å². The molecule has 0 aromatic carbocycles. The van der Waals surface area contributed by atoms with Gasteiger partial charge in [0.05, 0.1) is 0 Å². The molecule has 0 amide bonds. The Morgan fingerprint density at radius 3 is 2.42 bits per heavy atom. The summed E-state index contributed by atoms with van der Waals surface area (Å²) >= 11 is 0. The van der Waals surface area contributed by atoms with Crippen molar-refractivity contribution < 1.29 is 4.79 Å². The Hall–Kier alpha value is -0.920. The van der Waals surface area contributed by atoms with Crippen LogP contribution in [0.1, 0.15) is 33.6 Å². The van der Waals surface area contributed by atoms with Crippen molar-refractivity contribution in [1.82, 2.24) is 0 Å². The minimum absolute atomic E-state index is 0.160. The van der Waals surface area contributed by atoms with Crippen LogP contribution in [-0.4, -0.2) is 12.0 Å². The number of rotatable bonds is 1. The predicted molar refractivity (Wildman–Crippen MR) is 49.5 cm³/mol. The fraction of sp³-hybridized carbons (Fsp3) is 0.600. The lowest BCUT2D eigenvalue weighted by atomic mass is 9.74. The molecule has 0 aliphatic heterocycles. The Balaban J connectivity index is 3.02. The van der Waals surface area contributed by atoms with Crippen molar-refractivity contribution in [3.8, 4) is 0 Å². The van der Waals surface area contributed by atoms with Crippen molar-refractivity contribution in [2.24, 2.45) is 5.41 Å². The van der Waals surface area contributed by atoms with Gasteiger partial charge in [0.2, 0.25) is 0 Å². The highest BCUT2D eigenvalue weighted by molar-refractivity contribution is 6.14. The number of nitrogens with one attached hydrogen (secondary N) is 1. The number of hydrogen-bond donors (Lipinski definition) is 1. The standard InChI is InChI=1S/C10H15NO/c1-7-4-10(2,3)5-9(11)8(7)6-12/h6,11H,4-5H2,1-3H3. The highest BCUT2D eigenvalue weighted by Crippen LogP contribution is 2.35. The Morgan fingerprint density at radius 1 is 1.42 bits per heavy atom. The summed E-state index contributed by atoms with van der Waals surface area (Å²) < 4.78 is 0. The molecule has 1 rings (SSSR count). The van der Waals surface area contributed by atoms with Crippen molar-refractivity contribution in [3.63, 3.8) is 0 Å². The summed E-state index contributed by atoms with van der Waals surface area (Å²) in [6, 6.07) is 0. The van der Waals surface area contributed by atoms with Crippen LogP contribution < -0.4 is 0 Å². The summed E-state index contributed by atoms with van der Waals surface area (Å²) in [5.74, 6) is 0. The predicted octanol–water partition coefficient (Wildman–Crippen LogP) is 2.34. The average molecular weight is 165 g/mol. The van der Waals surface area contributed by atoms with Crippen molar-refractivity contribution >= 4 is 12.0 Å². The zero-order chi connectivity index (χ0) is 9.35. The van der Waals surface area contributed by atoms with Crippen LogP contribution in [0.5, 0.6) is 0 Å². The molecule has 0 saturated heterocycles. The van der Waals surface area contributed by atoms with Crippen LogP contribution in [0.15, 0.2) is 11.1 Å². The first-order chi connectivity index (χ1) is 5.46. The molecule has 1 aliphatic rings. The van der Waals surface area contributed by atoms with Gasteiger partial charge in [-0.05, 0) is 25.2 Å². The van der Waals surface area contributed by atoms with Gasteiger partial charge in [0, 0.05) is 11.3 Å². The number of hydrogen-bond acceptors (Lipinski definition) is 2. The topological polar surface area (TPSA) is 40.9 Å². The van der Waals surface area contributed by atoms with Gasteiger partial charge in [0.25, 0.3) is 0 Å². The summed E-state index contributed by atoms with van der Waals surface area (Å²) in [5.41, 5.74) is 2.34. The lowest BCUT2D eigenvalue weighted by Crippen LogP contribution is -2.25. The molecule has 0 radical (unpaired) electrons. The van der Waals surface area contributed by atoms with Crippen molar-refractivity contribution in [3.05, 3.63) is 11.1 Å². The molecule has 0 saturated carbocycles. The normalized spacial score (nSPS) is 22.8. The molecule has 0 atom stereocenters. The van der Waals surface area contributed by atoms with E-state index in [-0.39, 0.29) is 5.41 Å². The van der Waals surface area contributed by atoms with Crippen LogP contribution in [0.25, 0.3) is 0 Å². The minimum atomic E-state index is 0.160. The van der Waals surface area contributed by atoms with E-state index in [1.807, 2.05) is 6.92 Å². The first-order valence-electron chi connectivity index (χ1n) is 4.19. The zero-order valence-electron chi connectivity index (χ0n) is 7.90. The Labute approximate surface area is 73.2 Å². The van der Waals surface area contributed by atoms with E-state index in [2.05, 4.69) is 13.8 Å². The molecular weight excluding hydrogens is 150 g/mol. The lowest BCUT2D eigenvalue weighted by Gasteiger charge is -2.30. The number of allylic oxidation sites excluding steroid dienone is 2. The largest absolute Gasteiger partial charge is 0.305 e. The van der Waals surface area contributed by atoms with Gasteiger partial charge >= 0.3 is 0 Å². The summed E-state index contributed by atoms with van der Waals surface area (Å²) in [6.45, 7) is 6.21. The van der Waals surface area contributed by atoms with Crippen molar-refractivity contribution in [2.45, 2.75) is 33.6 Å². The van der Waals surface area contributed by atoms with E-state index < -0.39 is 0 Å². The molecule has 0 bridgehead atoms. The van der Waals surface area contributed by atoms with Gasteiger partial charge in [0.15, 0.2) is 6.29 Å². The third-order valence-electron chi connectivity index (χ3n) is 2.30. The molecule has 2 nitrogen and oxygen atoms in total. The maximum absolute atomic E-state index is 10.6. The van der Waals surface area contributed by atoms with E-state index in [0.29, 0.717) is 11.3 Å². The Morgan fingerprint density at radius 2 is 2.00 bits per heavy atom. The summed E-state index contributed by atoms with van der Waals surface area (Å²) in [4.78, 5) is 10.6. The first kappa shape index (κ1) is 9.17. The maximum Gasteiger partial charge on any atom is 0.151 e. The maximum atomic E-state index is 10.6. The molecule has 1 aliphatic carbocycles. The van der Waals surface area contributed by atoms with E-state index in [1.54, 1.807) is 0 Å². The molecular formula is C10H15NO. The van der Waals surface area contributed by atoms with E-state index in [0.717, 1.165) is 24.7 Å². The van der Waals surface area contributed by atoms with E-state index in [4.69, 9.17) is 5.41 Å². The van der Waals surface area contributed by atoms with Crippen LogP contribution in [0.3, 0.4) is 0 Å². The number of aldehydes is 1. The summed E-state index contributed by atoms with van der Waals surface area (Å²) in [7, 11) is 0. The number of carbonyl (C=O) groups excluding carboxylic acids is 1. The molecule has 0 spiro atoms. The summed E-state index contributed by atoms with van der Waals surface area (Å²) in [5, 5.41) is 7.64. The molecule has 0 aromatic rings. The molecule has 12 heavy (non-hydrogen) atoms. The highest BCUT2D eigenvalue weighted by Gasteiger charge is 2.28. The fourth-order valence-electron chi connectivity index (χ4n) is 1.88. The molecule has 2 heteroatoms. The van der Waals surface area contributed by atoms with Gasteiger partial charge in [-0.1, -0.05) is 19.4 Å². The van der Waals surface area contributed by atoms with Crippen LogP contribution in [0, 0.1) is 10.8 Å². The Bertz CT molecular complexity index is 261. The smallest absolute Gasteiger partial charge is 0.151 e. The van der Waals surface area contributed by atoms with Gasteiger partial charge in [0.1, 0.15) is 0 Å². The monoisotopic (exact) mass is 165 g/mol. The lowest BCUT2D eigenvalue weighted by molar-refractivity contribution is -0.104. The van der Waals surface area contributed by atoms with Crippen LogP contribution in [0.2, 0.25) is 0 Å². The second-order valence-corrected chi connectivity index (χ2v) is 4.31. The number of carbonyl (C=O) groups is 1. The van der Waals surface area contributed by atoms with Crippen molar-refractivity contribution in [1.29, 1.82) is 5.41 Å². The van der Waals surface area contributed by atoms with E-state index >= 15 is 0 Å². The molecule has 0 heterocycles. The van der Waals surface area contributed by atoms with Gasteiger partial charge in [-0.2, -0.15) is 0 Å². The molecule has 0 unspecified atom stereocenters. The fourth-order valence-corrected chi connectivity index (χ4v) is 1.88.